The van der Waals surface area contributed by atoms with Gasteiger partial charge in [-0.05, 0) is 24.4 Å². The molecule has 0 aromatic heterocycles. The van der Waals surface area contributed by atoms with Crippen LogP contribution in [-0.4, -0.2) is 31.0 Å². The Labute approximate surface area is 118 Å². The molecule has 1 fully saturated rings. The maximum atomic E-state index is 11.8. The van der Waals surface area contributed by atoms with Crippen molar-refractivity contribution in [2.24, 2.45) is 5.92 Å². The highest BCUT2D eigenvalue weighted by atomic mass is 16.5. The van der Waals surface area contributed by atoms with Crippen LogP contribution in [0.2, 0.25) is 0 Å². The molecule has 108 valence electrons. The molecule has 2 rings (SSSR count). The summed E-state index contributed by atoms with van der Waals surface area (Å²) in [5.41, 5.74) is 0.929. The molecule has 5 nitrogen and oxygen atoms in total. The molecule has 1 amide bonds. The second-order valence-corrected chi connectivity index (χ2v) is 5.17. The maximum absolute atomic E-state index is 11.8. The van der Waals surface area contributed by atoms with E-state index in [2.05, 4.69) is 17.6 Å². The second kappa shape index (κ2) is 7.05. The van der Waals surface area contributed by atoms with Gasteiger partial charge in [0.25, 0.3) is 0 Å². The third-order valence-corrected chi connectivity index (χ3v) is 3.32. The van der Waals surface area contributed by atoms with E-state index in [0.717, 1.165) is 18.5 Å². The van der Waals surface area contributed by atoms with Crippen molar-refractivity contribution in [2.45, 2.75) is 26.0 Å². The summed E-state index contributed by atoms with van der Waals surface area (Å²) in [4.78, 5) is 23.3. The van der Waals surface area contributed by atoms with Crippen LogP contribution in [0.4, 0.5) is 0 Å². The van der Waals surface area contributed by atoms with Crippen molar-refractivity contribution in [3.8, 4) is 0 Å². The largest absolute Gasteiger partial charge is 0.460 e. The molecule has 0 spiro atoms. The van der Waals surface area contributed by atoms with Crippen molar-refractivity contribution in [1.29, 1.82) is 0 Å². The summed E-state index contributed by atoms with van der Waals surface area (Å²) in [6.07, 6.45) is 0.810. The first kappa shape index (κ1) is 14.5. The molecule has 1 saturated heterocycles. The van der Waals surface area contributed by atoms with E-state index in [9.17, 15) is 9.59 Å². The van der Waals surface area contributed by atoms with Crippen LogP contribution < -0.4 is 10.6 Å². The van der Waals surface area contributed by atoms with E-state index < -0.39 is 5.97 Å². The molecule has 0 radical (unpaired) electrons. The smallest absolute Gasteiger partial charge is 0.325 e. The summed E-state index contributed by atoms with van der Waals surface area (Å²) < 4.78 is 5.09. The fraction of sp³-hybridized carbons (Fsp3) is 0.467. The number of amides is 1. The average Bonchev–Trinajstić information content (AvgIpc) is 2.90. The molecule has 20 heavy (non-hydrogen) atoms. The number of hydrogen-bond donors (Lipinski definition) is 2. The lowest BCUT2D eigenvalue weighted by Crippen LogP contribution is -2.42. The minimum Gasteiger partial charge on any atom is -0.460 e. The number of hydrogen-bond acceptors (Lipinski definition) is 4. The first-order valence-corrected chi connectivity index (χ1v) is 6.86. The predicted molar refractivity (Wildman–Crippen MR) is 74.8 cm³/mol. The lowest BCUT2D eigenvalue weighted by molar-refractivity contribution is -0.145. The van der Waals surface area contributed by atoms with Crippen LogP contribution in [-0.2, 0) is 20.9 Å². The van der Waals surface area contributed by atoms with E-state index in [-0.39, 0.29) is 25.1 Å². The van der Waals surface area contributed by atoms with Crippen molar-refractivity contribution in [1.82, 2.24) is 10.6 Å². The highest BCUT2D eigenvalue weighted by molar-refractivity contribution is 5.85. The van der Waals surface area contributed by atoms with Crippen LogP contribution in [0.3, 0.4) is 0 Å². The molecule has 1 aliphatic rings. The Morgan fingerprint density at radius 2 is 2.10 bits per heavy atom. The Balaban J connectivity index is 1.66. The van der Waals surface area contributed by atoms with Gasteiger partial charge in [0.15, 0.2) is 0 Å². The molecule has 1 aliphatic heterocycles. The normalized spacial score (nSPS) is 21.4. The lowest BCUT2D eigenvalue weighted by Gasteiger charge is -2.11. The van der Waals surface area contributed by atoms with E-state index in [1.165, 1.54) is 0 Å². The van der Waals surface area contributed by atoms with E-state index >= 15 is 0 Å². The monoisotopic (exact) mass is 276 g/mol. The van der Waals surface area contributed by atoms with E-state index in [1.54, 1.807) is 0 Å². The number of carbonyl (C=O) groups is 2. The SMILES string of the molecule is CC1CN[C@H](C(=O)NCC(=O)OCc2ccccc2)C1. The highest BCUT2D eigenvalue weighted by Gasteiger charge is 2.26. The first-order valence-electron chi connectivity index (χ1n) is 6.86. The zero-order valence-corrected chi connectivity index (χ0v) is 11.6. The Bertz CT molecular complexity index is 461. The van der Waals surface area contributed by atoms with Crippen molar-refractivity contribution in [2.75, 3.05) is 13.1 Å². The topological polar surface area (TPSA) is 67.4 Å². The van der Waals surface area contributed by atoms with Crippen molar-refractivity contribution >= 4 is 11.9 Å². The molecular formula is C15H20N2O3. The summed E-state index contributed by atoms with van der Waals surface area (Å²) in [5.74, 6) is -0.0601. The number of rotatable bonds is 5. The summed E-state index contributed by atoms with van der Waals surface area (Å²) in [6.45, 7) is 3.08. The number of ether oxygens (including phenoxy) is 1. The van der Waals surface area contributed by atoms with Gasteiger partial charge in [-0.15, -0.1) is 0 Å². The third kappa shape index (κ3) is 4.35. The molecule has 0 aliphatic carbocycles. The molecule has 2 N–H and O–H groups in total. The average molecular weight is 276 g/mol. The molecule has 0 saturated carbocycles. The van der Waals surface area contributed by atoms with Crippen LogP contribution in [0.15, 0.2) is 30.3 Å². The number of carbonyl (C=O) groups excluding carboxylic acids is 2. The Hall–Kier alpha value is -1.88. The van der Waals surface area contributed by atoms with Crippen LogP contribution in [0.25, 0.3) is 0 Å². The fourth-order valence-electron chi connectivity index (χ4n) is 2.18. The molecule has 1 unspecified atom stereocenters. The van der Waals surface area contributed by atoms with Crippen LogP contribution in [0.5, 0.6) is 0 Å². The van der Waals surface area contributed by atoms with Gasteiger partial charge in [-0.3, -0.25) is 9.59 Å². The molecular weight excluding hydrogens is 256 g/mol. The number of benzene rings is 1. The van der Waals surface area contributed by atoms with E-state index in [4.69, 9.17) is 4.74 Å². The summed E-state index contributed by atoms with van der Waals surface area (Å²) in [6, 6.07) is 9.26. The zero-order valence-electron chi connectivity index (χ0n) is 11.6. The molecule has 1 heterocycles. The van der Waals surface area contributed by atoms with Gasteiger partial charge >= 0.3 is 5.97 Å². The molecule has 1 aromatic carbocycles. The minimum atomic E-state index is -0.423. The van der Waals surface area contributed by atoms with Crippen molar-refractivity contribution in [3.63, 3.8) is 0 Å². The summed E-state index contributed by atoms with van der Waals surface area (Å²) in [5, 5.41) is 5.73. The number of esters is 1. The quantitative estimate of drug-likeness (QED) is 0.782. The fourth-order valence-corrected chi connectivity index (χ4v) is 2.18. The van der Waals surface area contributed by atoms with E-state index in [1.807, 2.05) is 30.3 Å². The first-order chi connectivity index (χ1) is 9.65. The van der Waals surface area contributed by atoms with Crippen LogP contribution in [0.1, 0.15) is 18.9 Å². The maximum Gasteiger partial charge on any atom is 0.325 e. The van der Waals surface area contributed by atoms with Gasteiger partial charge in [-0.1, -0.05) is 37.3 Å². The lowest BCUT2D eigenvalue weighted by atomic mass is 10.1. The van der Waals surface area contributed by atoms with Gasteiger partial charge < -0.3 is 15.4 Å². The summed E-state index contributed by atoms with van der Waals surface area (Å²) >= 11 is 0. The van der Waals surface area contributed by atoms with Crippen LogP contribution in [0, 0.1) is 5.92 Å². The standard InChI is InChI=1S/C15H20N2O3/c1-11-7-13(16-8-11)15(19)17-9-14(18)20-10-12-5-3-2-4-6-12/h2-6,11,13,16H,7-10H2,1H3,(H,17,19)/t11?,13-/m0/s1. The predicted octanol–water partition coefficient (Wildman–Crippen LogP) is 0.844. The Morgan fingerprint density at radius 3 is 2.75 bits per heavy atom. The van der Waals surface area contributed by atoms with E-state index in [0.29, 0.717) is 5.92 Å². The van der Waals surface area contributed by atoms with Crippen molar-refractivity contribution in [3.05, 3.63) is 35.9 Å². The molecule has 2 atom stereocenters. The Morgan fingerprint density at radius 1 is 1.35 bits per heavy atom. The van der Waals surface area contributed by atoms with Crippen LogP contribution >= 0.6 is 0 Å². The van der Waals surface area contributed by atoms with Gasteiger partial charge in [-0.25, -0.2) is 0 Å². The van der Waals surface area contributed by atoms with Gasteiger partial charge in [0.1, 0.15) is 13.2 Å². The van der Waals surface area contributed by atoms with Gasteiger partial charge in [-0.2, -0.15) is 0 Å². The van der Waals surface area contributed by atoms with Gasteiger partial charge in [0.05, 0.1) is 6.04 Å². The third-order valence-electron chi connectivity index (χ3n) is 3.32. The Kier molecular flexibility index (Phi) is 5.12. The highest BCUT2D eigenvalue weighted by Crippen LogP contribution is 2.12. The van der Waals surface area contributed by atoms with Crippen molar-refractivity contribution < 1.29 is 14.3 Å². The molecule has 1 aromatic rings. The molecule has 0 bridgehead atoms. The van der Waals surface area contributed by atoms with Gasteiger partial charge in [0, 0.05) is 0 Å². The second-order valence-electron chi connectivity index (χ2n) is 5.17. The zero-order chi connectivity index (χ0) is 14.4. The molecule has 5 heteroatoms. The minimum absolute atomic E-state index is 0.0851. The summed E-state index contributed by atoms with van der Waals surface area (Å²) in [7, 11) is 0. The van der Waals surface area contributed by atoms with Gasteiger partial charge in [0.2, 0.25) is 5.91 Å². The number of nitrogens with one attached hydrogen (secondary N) is 2.